The van der Waals surface area contributed by atoms with Crippen molar-refractivity contribution < 1.29 is 28.4 Å². The number of aromatic nitrogens is 1. The molecule has 0 bridgehead atoms. The second-order valence-corrected chi connectivity index (χ2v) is 10.4. The Kier molecular flexibility index (Phi) is 6.79. The molecule has 2 heterocycles. The molecule has 8 heteroatoms. The minimum absolute atomic E-state index is 0.0380. The summed E-state index contributed by atoms with van der Waals surface area (Å²) in [4.78, 5) is 26.1. The van der Waals surface area contributed by atoms with Crippen molar-refractivity contribution in [3.63, 3.8) is 0 Å². The van der Waals surface area contributed by atoms with E-state index in [9.17, 15) is 9.59 Å². The van der Waals surface area contributed by atoms with Crippen LogP contribution < -0.4 is 10.2 Å². The molecule has 1 saturated heterocycles. The molecule has 1 aromatic heterocycles. The fourth-order valence-corrected chi connectivity index (χ4v) is 4.40. The number of carbonyl (C=O) groups excluding carboxylic acids is 2. The van der Waals surface area contributed by atoms with Crippen LogP contribution in [0.5, 0.6) is 5.75 Å². The fraction of sp³-hybridized carbons (Fsp3) is 0.429. The highest BCUT2D eigenvalue weighted by atomic mass is 16.7. The quantitative estimate of drug-likeness (QED) is 0.260. The number of Topliss-reactive ketones (excluding diaryl/α,β-unsaturated/α-hetero) is 1. The lowest BCUT2D eigenvalue weighted by atomic mass is 9.78. The van der Waals surface area contributed by atoms with Crippen molar-refractivity contribution in [2.45, 2.75) is 72.7 Å². The summed E-state index contributed by atoms with van der Waals surface area (Å²) < 4.78 is 25.4. The Hall–Kier alpha value is -3.10. The molecule has 0 spiro atoms. The van der Waals surface area contributed by atoms with Gasteiger partial charge in [0.25, 0.3) is 0 Å². The van der Waals surface area contributed by atoms with Crippen molar-refractivity contribution in [3.8, 4) is 11.4 Å². The third-order valence-electron chi connectivity index (χ3n) is 6.80. The Morgan fingerprint density at radius 3 is 2.14 bits per heavy atom. The van der Waals surface area contributed by atoms with E-state index >= 15 is 0 Å². The van der Waals surface area contributed by atoms with Crippen LogP contribution in [0, 0.1) is 0 Å². The topological polar surface area (TPSA) is 76.0 Å². The number of hydrogen-bond donors (Lipinski definition) is 0. The molecular weight excluding hydrogens is 457 g/mol. The molecule has 0 atom stereocenters. The van der Waals surface area contributed by atoms with Gasteiger partial charge in [-0.05, 0) is 91.2 Å². The van der Waals surface area contributed by atoms with Crippen LogP contribution in [-0.2, 0) is 14.0 Å². The van der Waals surface area contributed by atoms with Crippen LogP contribution in [0.1, 0.15) is 76.2 Å². The van der Waals surface area contributed by atoms with Crippen LogP contribution in [-0.4, -0.2) is 47.4 Å². The van der Waals surface area contributed by atoms with Crippen LogP contribution in [0.15, 0.2) is 42.5 Å². The predicted molar refractivity (Wildman–Crippen MR) is 141 cm³/mol. The summed E-state index contributed by atoms with van der Waals surface area (Å²) in [6, 6.07) is 13.1. The molecule has 0 amide bonds. The van der Waals surface area contributed by atoms with E-state index in [0.29, 0.717) is 16.5 Å². The van der Waals surface area contributed by atoms with E-state index in [1.54, 1.807) is 11.5 Å². The molecule has 36 heavy (non-hydrogen) atoms. The summed E-state index contributed by atoms with van der Waals surface area (Å²) in [5.41, 5.74) is 1.70. The third-order valence-corrected chi connectivity index (χ3v) is 6.80. The average Bonchev–Trinajstić information content (AvgIpc) is 3.24. The lowest BCUT2D eigenvalue weighted by Crippen LogP contribution is -2.41. The van der Waals surface area contributed by atoms with Crippen LogP contribution in [0.2, 0.25) is 0 Å². The minimum Gasteiger partial charge on any atom is -0.491 e. The van der Waals surface area contributed by atoms with Gasteiger partial charge >= 0.3 is 13.1 Å². The second kappa shape index (κ2) is 9.41. The van der Waals surface area contributed by atoms with Gasteiger partial charge in [0.1, 0.15) is 11.4 Å². The van der Waals surface area contributed by atoms with Crippen molar-refractivity contribution in [2.24, 2.45) is 0 Å². The SMILES string of the molecule is CCOC(=O)c1c(C(C)=O)c2cc(B3OC(C)(C)C(C)(C)O3)ccc2n1-c1ccc(OC(C)C)cc1. The van der Waals surface area contributed by atoms with Gasteiger partial charge in [-0.15, -0.1) is 0 Å². The highest BCUT2D eigenvalue weighted by molar-refractivity contribution is 6.62. The van der Waals surface area contributed by atoms with E-state index in [0.717, 1.165) is 16.9 Å². The lowest BCUT2D eigenvalue weighted by Gasteiger charge is -2.32. The maximum atomic E-state index is 13.2. The zero-order valence-corrected chi connectivity index (χ0v) is 22.3. The van der Waals surface area contributed by atoms with E-state index < -0.39 is 24.3 Å². The summed E-state index contributed by atoms with van der Waals surface area (Å²) >= 11 is 0. The standard InChI is InChI=1S/C28H34BNO6/c1-9-33-26(32)25-24(18(4)31)22-16-19(29-35-27(5,6)28(7,8)36-29)10-15-23(22)30(25)20-11-13-21(14-12-20)34-17(2)3/h10-17H,9H2,1-8H3. The number of hydrogen-bond acceptors (Lipinski definition) is 6. The summed E-state index contributed by atoms with van der Waals surface area (Å²) in [5.74, 6) is -0.0658. The minimum atomic E-state index is -0.596. The number of ether oxygens (including phenoxy) is 2. The number of ketones is 1. The molecule has 2 aromatic carbocycles. The fourth-order valence-electron chi connectivity index (χ4n) is 4.40. The number of carbonyl (C=O) groups is 2. The number of benzene rings is 2. The first kappa shape index (κ1) is 26.0. The van der Waals surface area contributed by atoms with Gasteiger partial charge in [0.15, 0.2) is 5.78 Å². The van der Waals surface area contributed by atoms with Gasteiger partial charge in [-0.3, -0.25) is 4.79 Å². The summed E-state index contributed by atoms with van der Waals surface area (Å²) in [6.45, 7) is 15.3. The largest absolute Gasteiger partial charge is 0.494 e. The van der Waals surface area contributed by atoms with Gasteiger partial charge in [0.05, 0.1) is 35.0 Å². The Morgan fingerprint density at radius 2 is 1.61 bits per heavy atom. The van der Waals surface area contributed by atoms with Crippen molar-refractivity contribution in [1.29, 1.82) is 0 Å². The van der Waals surface area contributed by atoms with Gasteiger partial charge < -0.3 is 23.3 Å². The van der Waals surface area contributed by atoms with Crippen molar-refractivity contribution in [1.82, 2.24) is 4.57 Å². The zero-order chi connectivity index (χ0) is 26.4. The molecule has 1 aliphatic rings. The Morgan fingerprint density at radius 1 is 1.00 bits per heavy atom. The normalized spacial score (nSPS) is 16.5. The number of nitrogens with zero attached hydrogens (tertiary/aromatic N) is 1. The van der Waals surface area contributed by atoms with Gasteiger partial charge in [0.2, 0.25) is 0 Å². The predicted octanol–water partition coefficient (Wildman–Crippen LogP) is 5.10. The average molecular weight is 491 g/mol. The van der Waals surface area contributed by atoms with Gasteiger partial charge in [-0.2, -0.15) is 0 Å². The summed E-state index contributed by atoms with van der Waals surface area (Å²) in [7, 11) is -0.596. The first-order chi connectivity index (χ1) is 16.9. The highest BCUT2D eigenvalue weighted by Crippen LogP contribution is 2.37. The first-order valence-electron chi connectivity index (χ1n) is 12.4. The summed E-state index contributed by atoms with van der Waals surface area (Å²) in [5, 5.41) is 0.639. The van der Waals surface area contributed by atoms with Crippen LogP contribution >= 0.6 is 0 Å². The third kappa shape index (κ3) is 4.55. The molecule has 4 rings (SSSR count). The first-order valence-corrected chi connectivity index (χ1v) is 12.4. The van der Waals surface area contributed by atoms with Gasteiger partial charge in [-0.1, -0.05) is 12.1 Å². The van der Waals surface area contributed by atoms with Crippen molar-refractivity contribution in [2.75, 3.05) is 6.61 Å². The number of esters is 1. The van der Waals surface area contributed by atoms with Gasteiger partial charge in [0, 0.05) is 11.1 Å². The molecule has 0 unspecified atom stereocenters. The molecule has 1 fully saturated rings. The molecule has 1 aliphatic heterocycles. The maximum absolute atomic E-state index is 13.2. The maximum Gasteiger partial charge on any atom is 0.494 e. The molecule has 3 aromatic rings. The monoisotopic (exact) mass is 491 g/mol. The van der Waals surface area contributed by atoms with E-state index in [1.807, 2.05) is 84.0 Å². The number of rotatable bonds is 7. The lowest BCUT2D eigenvalue weighted by molar-refractivity contribution is 0.00578. The molecular formula is C28H34BNO6. The van der Waals surface area contributed by atoms with E-state index in [1.165, 1.54) is 6.92 Å². The Labute approximate surface area is 212 Å². The van der Waals surface area contributed by atoms with Crippen molar-refractivity contribution in [3.05, 3.63) is 53.7 Å². The molecule has 0 aliphatic carbocycles. The molecule has 0 radical (unpaired) electrons. The van der Waals surface area contributed by atoms with Crippen LogP contribution in [0.25, 0.3) is 16.6 Å². The zero-order valence-electron chi connectivity index (χ0n) is 22.3. The van der Waals surface area contributed by atoms with E-state index in [4.69, 9.17) is 18.8 Å². The Balaban J connectivity index is 1.92. The molecule has 0 N–H and O–H groups in total. The smallest absolute Gasteiger partial charge is 0.491 e. The van der Waals surface area contributed by atoms with E-state index in [2.05, 4.69) is 0 Å². The summed E-state index contributed by atoms with van der Waals surface area (Å²) in [6.07, 6.45) is 0.0380. The van der Waals surface area contributed by atoms with Crippen molar-refractivity contribution >= 4 is 35.2 Å². The van der Waals surface area contributed by atoms with Crippen LogP contribution in [0.4, 0.5) is 0 Å². The van der Waals surface area contributed by atoms with E-state index in [-0.39, 0.29) is 24.2 Å². The Bertz CT molecular complexity index is 1290. The molecule has 190 valence electrons. The highest BCUT2D eigenvalue weighted by Gasteiger charge is 2.51. The number of fused-ring (bicyclic) bond motifs is 1. The second-order valence-electron chi connectivity index (χ2n) is 10.4. The van der Waals surface area contributed by atoms with Crippen LogP contribution in [0.3, 0.4) is 0 Å². The molecule has 0 saturated carbocycles. The van der Waals surface area contributed by atoms with Gasteiger partial charge in [-0.25, -0.2) is 4.79 Å². The molecule has 7 nitrogen and oxygen atoms in total.